The van der Waals surface area contributed by atoms with Gasteiger partial charge in [0.1, 0.15) is 0 Å². The van der Waals surface area contributed by atoms with E-state index in [2.05, 4.69) is 10.2 Å². The summed E-state index contributed by atoms with van der Waals surface area (Å²) in [7, 11) is 1.65. The fraction of sp³-hybridized carbons (Fsp3) is 0.867. The predicted molar refractivity (Wildman–Crippen MR) is 83.6 cm³/mol. The van der Waals surface area contributed by atoms with Gasteiger partial charge < -0.3 is 19.9 Å². The average Bonchev–Trinajstić information content (AvgIpc) is 3.06. The summed E-state index contributed by atoms with van der Waals surface area (Å²) in [4.78, 5) is 30.1. The topological polar surface area (TPSA) is 65.1 Å². The summed E-state index contributed by atoms with van der Waals surface area (Å²) in [6, 6.07) is 0. The Labute approximate surface area is 132 Å². The van der Waals surface area contributed by atoms with E-state index in [1.54, 1.807) is 7.11 Å². The minimum Gasteiger partial charge on any atom is -0.383 e. The first-order chi connectivity index (χ1) is 10.7. The van der Waals surface area contributed by atoms with E-state index in [0.717, 1.165) is 39.0 Å². The first kappa shape index (κ1) is 17.2. The first-order valence-electron chi connectivity index (χ1n) is 8.18. The van der Waals surface area contributed by atoms with Crippen LogP contribution in [0.2, 0.25) is 0 Å². The number of carbonyl (C=O) groups excluding carboxylic acids is 2. The number of rotatable bonds is 7. The van der Waals surface area contributed by atoms with E-state index in [9.17, 15) is 9.59 Å². The van der Waals surface area contributed by atoms with Gasteiger partial charge in [0.25, 0.3) is 0 Å². The maximum atomic E-state index is 12.1. The van der Waals surface area contributed by atoms with Crippen LogP contribution in [0.1, 0.15) is 12.8 Å². The number of amides is 2. The predicted octanol–water partition coefficient (Wildman–Crippen LogP) is -1.01. The molecular formula is C15H28N4O3. The van der Waals surface area contributed by atoms with Crippen LogP contribution in [-0.2, 0) is 14.3 Å². The Bertz CT molecular complexity index is 364. The van der Waals surface area contributed by atoms with Gasteiger partial charge in [0.2, 0.25) is 11.8 Å². The van der Waals surface area contributed by atoms with Crippen LogP contribution in [0.25, 0.3) is 0 Å². The van der Waals surface area contributed by atoms with Crippen LogP contribution >= 0.6 is 0 Å². The first-order valence-corrected chi connectivity index (χ1v) is 8.18. The molecule has 0 aromatic heterocycles. The molecule has 0 saturated carbocycles. The molecule has 7 nitrogen and oxygen atoms in total. The van der Waals surface area contributed by atoms with Crippen LogP contribution in [0, 0.1) is 0 Å². The summed E-state index contributed by atoms with van der Waals surface area (Å²) in [5, 5.41) is 3.07. The van der Waals surface area contributed by atoms with Crippen molar-refractivity contribution in [3.63, 3.8) is 0 Å². The van der Waals surface area contributed by atoms with Gasteiger partial charge in [-0.15, -0.1) is 0 Å². The van der Waals surface area contributed by atoms with Crippen molar-refractivity contribution in [3.8, 4) is 0 Å². The zero-order valence-corrected chi connectivity index (χ0v) is 13.6. The van der Waals surface area contributed by atoms with Crippen molar-refractivity contribution in [2.24, 2.45) is 0 Å². The number of nitrogens with zero attached hydrogens (tertiary/aromatic N) is 3. The molecule has 0 aromatic rings. The lowest BCUT2D eigenvalue weighted by Crippen LogP contribution is -2.52. The van der Waals surface area contributed by atoms with Gasteiger partial charge in [0.15, 0.2) is 0 Å². The summed E-state index contributed by atoms with van der Waals surface area (Å²) >= 11 is 0. The molecule has 2 saturated heterocycles. The van der Waals surface area contributed by atoms with E-state index in [0.29, 0.717) is 39.3 Å². The van der Waals surface area contributed by atoms with Gasteiger partial charge in [-0.1, -0.05) is 0 Å². The fourth-order valence-electron chi connectivity index (χ4n) is 2.89. The summed E-state index contributed by atoms with van der Waals surface area (Å²) in [6.45, 7) is 6.94. The molecule has 0 aliphatic carbocycles. The van der Waals surface area contributed by atoms with Gasteiger partial charge >= 0.3 is 0 Å². The second-order valence-electron chi connectivity index (χ2n) is 5.91. The number of ether oxygens (including phenoxy) is 1. The molecule has 22 heavy (non-hydrogen) atoms. The molecule has 0 radical (unpaired) electrons. The molecule has 2 aliphatic rings. The van der Waals surface area contributed by atoms with Crippen molar-refractivity contribution < 1.29 is 14.3 Å². The Morgan fingerprint density at radius 3 is 2.23 bits per heavy atom. The monoisotopic (exact) mass is 312 g/mol. The zero-order chi connectivity index (χ0) is 15.8. The van der Waals surface area contributed by atoms with Crippen LogP contribution in [0.5, 0.6) is 0 Å². The van der Waals surface area contributed by atoms with Gasteiger partial charge in [0.05, 0.1) is 19.7 Å². The number of likely N-dealkylation sites (tertiary alicyclic amines) is 1. The molecule has 0 spiro atoms. The van der Waals surface area contributed by atoms with E-state index in [4.69, 9.17) is 4.74 Å². The Morgan fingerprint density at radius 1 is 0.955 bits per heavy atom. The van der Waals surface area contributed by atoms with Crippen molar-refractivity contribution in [1.82, 2.24) is 20.0 Å². The van der Waals surface area contributed by atoms with E-state index in [-0.39, 0.29) is 11.8 Å². The number of carbonyl (C=O) groups is 2. The smallest absolute Gasteiger partial charge is 0.236 e. The van der Waals surface area contributed by atoms with E-state index >= 15 is 0 Å². The number of methoxy groups -OCH3 is 1. The Balaban J connectivity index is 1.62. The fourth-order valence-corrected chi connectivity index (χ4v) is 2.89. The third-order valence-corrected chi connectivity index (χ3v) is 4.30. The van der Waals surface area contributed by atoms with Crippen LogP contribution in [0.3, 0.4) is 0 Å². The van der Waals surface area contributed by atoms with Crippen molar-refractivity contribution in [3.05, 3.63) is 0 Å². The molecule has 7 heteroatoms. The molecule has 126 valence electrons. The minimum absolute atomic E-state index is 0.127. The number of hydrogen-bond acceptors (Lipinski definition) is 5. The minimum atomic E-state index is 0.127. The molecule has 2 aliphatic heterocycles. The lowest BCUT2D eigenvalue weighted by molar-refractivity contribution is -0.134. The third kappa shape index (κ3) is 5.23. The van der Waals surface area contributed by atoms with E-state index in [1.165, 1.54) is 0 Å². The molecule has 0 aromatic carbocycles. The summed E-state index contributed by atoms with van der Waals surface area (Å²) in [5.74, 6) is 0.361. The SMILES string of the molecule is COCCNCC(=O)N1CCN(CC(=O)N2CCCC2)CC1. The standard InChI is InChI=1S/C15H28N4O3/c1-22-11-4-16-12-14(20)19-9-7-17(8-10-19)13-15(21)18-5-2-3-6-18/h16H,2-13H2,1H3. The molecule has 0 unspecified atom stereocenters. The maximum Gasteiger partial charge on any atom is 0.236 e. The highest BCUT2D eigenvalue weighted by Crippen LogP contribution is 2.09. The Hall–Kier alpha value is -1.18. The van der Waals surface area contributed by atoms with Gasteiger partial charge in [-0.05, 0) is 12.8 Å². The summed E-state index contributed by atoms with van der Waals surface area (Å²) < 4.78 is 4.93. The molecule has 0 bridgehead atoms. The highest BCUT2D eigenvalue weighted by Gasteiger charge is 2.24. The highest BCUT2D eigenvalue weighted by atomic mass is 16.5. The molecule has 2 amide bonds. The van der Waals surface area contributed by atoms with Crippen LogP contribution in [-0.4, -0.2) is 99.1 Å². The van der Waals surface area contributed by atoms with Gasteiger partial charge in [-0.2, -0.15) is 0 Å². The Morgan fingerprint density at radius 2 is 1.59 bits per heavy atom. The van der Waals surface area contributed by atoms with Crippen molar-refractivity contribution in [2.75, 3.05) is 72.6 Å². The second-order valence-corrected chi connectivity index (χ2v) is 5.91. The van der Waals surface area contributed by atoms with Crippen molar-refractivity contribution in [2.45, 2.75) is 12.8 Å². The highest BCUT2D eigenvalue weighted by molar-refractivity contribution is 5.79. The lowest BCUT2D eigenvalue weighted by Gasteiger charge is -2.35. The van der Waals surface area contributed by atoms with Crippen LogP contribution in [0.4, 0.5) is 0 Å². The largest absolute Gasteiger partial charge is 0.383 e. The van der Waals surface area contributed by atoms with Gasteiger partial charge in [0, 0.05) is 52.9 Å². The van der Waals surface area contributed by atoms with Gasteiger partial charge in [-0.3, -0.25) is 14.5 Å². The van der Waals surface area contributed by atoms with Crippen molar-refractivity contribution in [1.29, 1.82) is 0 Å². The van der Waals surface area contributed by atoms with Crippen molar-refractivity contribution >= 4 is 11.8 Å². The zero-order valence-electron chi connectivity index (χ0n) is 13.6. The summed E-state index contributed by atoms with van der Waals surface area (Å²) in [5.41, 5.74) is 0. The lowest BCUT2D eigenvalue weighted by atomic mass is 10.3. The van der Waals surface area contributed by atoms with Gasteiger partial charge in [-0.25, -0.2) is 0 Å². The molecule has 2 rings (SSSR count). The molecule has 2 heterocycles. The number of piperazine rings is 1. The summed E-state index contributed by atoms with van der Waals surface area (Å²) in [6.07, 6.45) is 2.26. The second kappa shape index (κ2) is 9.07. The molecular weight excluding hydrogens is 284 g/mol. The molecule has 1 N–H and O–H groups in total. The number of hydrogen-bond donors (Lipinski definition) is 1. The Kier molecular flexibility index (Phi) is 7.08. The third-order valence-electron chi connectivity index (χ3n) is 4.30. The maximum absolute atomic E-state index is 12.1. The van der Waals surface area contributed by atoms with Crippen LogP contribution < -0.4 is 5.32 Å². The van der Waals surface area contributed by atoms with E-state index < -0.39 is 0 Å². The average molecular weight is 312 g/mol. The number of nitrogens with one attached hydrogen (secondary N) is 1. The molecule has 0 atom stereocenters. The van der Waals surface area contributed by atoms with E-state index in [1.807, 2.05) is 9.80 Å². The quantitative estimate of drug-likeness (QED) is 0.610. The molecule has 2 fully saturated rings. The van der Waals surface area contributed by atoms with Crippen LogP contribution in [0.15, 0.2) is 0 Å². The normalized spacial score (nSPS) is 19.7.